The van der Waals surface area contributed by atoms with E-state index in [2.05, 4.69) is 46.2 Å². The number of nitrogens with one attached hydrogen (secondary N) is 1. The molecule has 31 heavy (non-hydrogen) atoms. The molecule has 2 aliphatic carbocycles. The van der Waals surface area contributed by atoms with E-state index in [4.69, 9.17) is 0 Å². The van der Waals surface area contributed by atoms with Crippen molar-refractivity contribution in [1.82, 2.24) is 20.4 Å². The maximum atomic E-state index is 14.8. The van der Waals surface area contributed by atoms with Gasteiger partial charge in [0.25, 0.3) is 0 Å². The first-order chi connectivity index (χ1) is 14.8. The number of hydrogen-bond acceptors (Lipinski definition) is 5. The number of halogens is 1. The molecule has 2 bridgehead atoms. The predicted octanol–water partition coefficient (Wildman–Crippen LogP) is 5.17. The molecule has 0 saturated heterocycles. The molecule has 0 amide bonds. The second-order valence-corrected chi connectivity index (χ2v) is 10.1. The van der Waals surface area contributed by atoms with Crippen molar-refractivity contribution >= 4 is 5.82 Å². The summed E-state index contributed by atoms with van der Waals surface area (Å²) >= 11 is 0. The van der Waals surface area contributed by atoms with Gasteiger partial charge in [-0.1, -0.05) is 13.8 Å². The first-order valence-electron chi connectivity index (χ1n) is 10.8. The third kappa shape index (κ3) is 3.56. The summed E-state index contributed by atoms with van der Waals surface area (Å²) < 4.78 is 14.8. The normalized spacial score (nSPS) is 27.4. The van der Waals surface area contributed by atoms with Crippen LogP contribution >= 0.6 is 0 Å². The van der Waals surface area contributed by atoms with Gasteiger partial charge in [-0.25, -0.2) is 4.39 Å². The third-order valence-corrected chi connectivity index (χ3v) is 7.36. The lowest BCUT2D eigenvalue weighted by atomic mass is 9.68. The largest absolute Gasteiger partial charge is 0.507 e. The van der Waals surface area contributed by atoms with E-state index in [1.54, 1.807) is 18.5 Å². The number of benzene rings is 1. The predicted molar refractivity (Wildman–Crippen MR) is 118 cm³/mol. The second kappa shape index (κ2) is 7.04. The Balaban J connectivity index is 1.39. The van der Waals surface area contributed by atoms with Gasteiger partial charge in [0, 0.05) is 24.8 Å². The molecule has 5 rings (SSSR count). The molecule has 6 nitrogen and oxygen atoms in total. The van der Waals surface area contributed by atoms with E-state index in [0.717, 1.165) is 18.7 Å². The summed E-state index contributed by atoms with van der Waals surface area (Å²) in [5.74, 6) is 0.0600. The Labute approximate surface area is 181 Å². The highest BCUT2D eigenvalue weighted by molar-refractivity contribution is 5.74. The number of anilines is 1. The molecule has 2 fully saturated rings. The van der Waals surface area contributed by atoms with Gasteiger partial charge in [0.15, 0.2) is 5.82 Å². The molecule has 0 aliphatic heterocycles. The SMILES string of the molecule is CN(c1ccc(-c2c(O)cc(-c3cn[nH]c3)cc2F)nn1)[C@H]1C[C@]2(C)CC[C@](C)(C1)C2. The fourth-order valence-electron chi connectivity index (χ4n) is 5.90. The molecule has 0 unspecified atom stereocenters. The zero-order valence-electron chi connectivity index (χ0n) is 18.2. The smallest absolute Gasteiger partial charge is 0.151 e. The van der Waals surface area contributed by atoms with Crippen molar-refractivity contribution in [1.29, 1.82) is 0 Å². The van der Waals surface area contributed by atoms with Gasteiger partial charge in [-0.05, 0) is 72.8 Å². The van der Waals surface area contributed by atoms with Crippen molar-refractivity contribution < 1.29 is 9.50 Å². The molecule has 0 radical (unpaired) electrons. The lowest BCUT2D eigenvalue weighted by Gasteiger charge is -2.44. The van der Waals surface area contributed by atoms with Crippen LogP contribution < -0.4 is 4.90 Å². The van der Waals surface area contributed by atoms with E-state index < -0.39 is 5.82 Å². The number of aromatic hydroxyl groups is 1. The molecule has 0 spiro atoms. The Bertz CT molecular complexity index is 1060. The summed E-state index contributed by atoms with van der Waals surface area (Å²) in [6, 6.07) is 6.91. The Morgan fingerprint density at radius 3 is 2.42 bits per heavy atom. The molecule has 3 atom stereocenters. The van der Waals surface area contributed by atoms with E-state index in [1.165, 1.54) is 31.4 Å². The van der Waals surface area contributed by atoms with Gasteiger partial charge in [0.1, 0.15) is 11.6 Å². The number of aromatic nitrogens is 4. The molecule has 2 N–H and O–H groups in total. The average Bonchev–Trinajstić information content (AvgIpc) is 3.33. The Morgan fingerprint density at radius 2 is 1.84 bits per heavy atom. The molecule has 162 valence electrons. The van der Waals surface area contributed by atoms with Gasteiger partial charge in [-0.2, -0.15) is 5.10 Å². The van der Waals surface area contributed by atoms with E-state index in [9.17, 15) is 9.50 Å². The number of nitrogens with zero attached hydrogens (tertiary/aromatic N) is 4. The fraction of sp³-hybridized carbons (Fsp3) is 0.458. The van der Waals surface area contributed by atoms with E-state index >= 15 is 0 Å². The quantitative estimate of drug-likeness (QED) is 0.607. The molecule has 2 aromatic heterocycles. The molecule has 2 aliphatic rings. The molecule has 1 aromatic carbocycles. The van der Waals surface area contributed by atoms with Gasteiger partial charge in [0.05, 0.1) is 17.5 Å². The standard InChI is InChI=1S/C24H28FN5O/c1-23-6-7-24(2,14-23)11-17(10-23)30(3)21-5-4-19(28-29-21)22-18(25)8-15(9-20(22)31)16-12-26-27-13-16/h4-5,8-9,12-13,17,31H,6-7,10-11,14H2,1-3H3,(H,26,27)/t17-,23-,24+. The van der Waals surface area contributed by atoms with Gasteiger partial charge >= 0.3 is 0 Å². The van der Waals surface area contributed by atoms with Crippen molar-refractivity contribution in [3.05, 3.63) is 42.5 Å². The Hall–Kier alpha value is -2.96. The van der Waals surface area contributed by atoms with Gasteiger partial charge in [-0.15, -0.1) is 10.2 Å². The van der Waals surface area contributed by atoms with Crippen LogP contribution in [0.1, 0.15) is 46.0 Å². The number of rotatable bonds is 4. The molecule has 2 saturated carbocycles. The lowest BCUT2D eigenvalue weighted by molar-refractivity contribution is 0.148. The third-order valence-electron chi connectivity index (χ3n) is 7.36. The monoisotopic (exact) mass is 421 g/mol. The first kappa shape index (κ1) is 20.0. The maximum Gasteiger partial charge on any atom is 0.151 e. The van der Waals surface area contributed by atoms with Gasteiger partial charge in [-0.3, -0.25) is 5.10 Å². The highest BCUT2D eigenvalue weighted by Gasteiger charge is 2.50. The second-order valence-electron chi connectivity index (χ2n) is 10.1. The Kier molecular flexibility index (Phi) is 4.53. The first-order valence-corrected chi connectivity index (χ1v) is 10.8. The number of phenols is 1. The number of hydrogen-bond donors (Lipinski definition) is 2. The van der Waals surface area contributed by atoms with Gasteiger partial charge in [0.2, 0.25) is 0 Å². The zero-order chi connectivity index (χ0) is 21.8. The van der Waals surface area contributed by atoms with E-state index in [0.29, 0.717) is 33.7 Å². The molecule has 3 aromatic rings. The van der Waals surface area contributed by atoms with Crippen LogP contribution in [-0.4, -0.2) is 38.6 Å². The lowest BCUT2D eigenvalue weighted by Crippen LogP contribution is -2.42. The molecular weight excluding hydrogens is 393 g/mol. The number of phenolic OH excluding ortho intramolecular Hbond substituents is 1. The van der Waals surface area contributed by atoms with E-state index in [-0.39, 0.29) is 11.3 Å². The van der Waals surface area contributed by atoms with Crippen LogP contribution in [0.15, 0.2) is 36.7 Å². The fourth-order valence-corrected chi connectivity index (χ4v) is 5.90. The average molecular weight is 422 g/mol. The minimum absolute atomic E-state index is 0.0599. The maximum absolute atomic E-state index is 14.8. The summed E-state index contributed by atoms with van der Waals surface area (Å²) in [6.07, 6.45) is 9.45. The van der Waals surface area contributed by atoms with Crippen LogP contribution in [-0.2, 0) is 0 Å². The molecule has 2 heterocycles. The molecule has 7 heteroatoms. The number of aromatic amines is 1. The Morgan fingerprint density at radius 1 is 1.10 bits per heavy atom. The highest BCUT2D eigenvalue weighted by atomic mass is 19.1. The number of H-pyrrole nitrogens is 1. The van der Waals surface area contributed by atoms with Gasteiger partial charge < -0.3 is 10.0 Å². The highest BCUT2D eigenvalue weighted by Crippen LogP contribution is 2.58. The van der Waals surface area contributed by atoms with Crippen LogP contribution in [0.4, 0.5) is 10.2 Å². The summed E-state index contributed by atoms with van der Waals surface area (Å²) in [6.45, 7) is 4.82. The summed E-state index contributed by atoms with van der Waals surface area (Å²) in [5.41, 5.74) is 2.44. The van der Waals surface area contributed by atoms with Crippen LogP contribution in [0.5, 0.6) is 5.75 Å². The van der Waals surface area contributed by atoms with Crippen molar-refractivity contribution in [3.63, 3.8) is 0 Å². The van der Waals surface area contributed by atoms with Crippen molar-refractivity contribution in [2.75, 3.05) is 11.9 Å². The summed E-state index contributed by atoms with van der Waals surface area (Å²) in [5, 5.41) is 25.7. The number of fused-ring (bicyclic) bond motifs is 2. The zero-order valence-corrected chi connectivity index (χ0v) is 18.2. The van der Waals surface area contributed by atoms with Crippen LogP contribution in [0.25, 0.3) is 22.4 Å². The summed E-state index contributed by atoms with van der Waals surface area (Å²) in [7, 11) is 2.07. The van der Waals surface area contributed by atoms with Crippen LogP contribution in [0.2, 0.25) is 0 Å². The minimum atomic E-state index is -0.545. The van der Waals surface area contributed by atoms with Crippen molar-refractivity contribution in [2.45, 2.75) is 52.0 Å². The van der Waals surface area contributed by atoms with E-state index in [1.807, 2.05) is 6.07 Å². The topological polar surface area (TPSA) is 77.9 Å². The van der Waals surface area contributed by atoms with Crippen molar-refractivity contribution in [2.24, 2.45) is 10.8 Å². The summed E-state index contributed by atoms with van der Waals surface area (Å²) in [4.78, 5) is 2.22. The minimum Gasteiger partial charge on any atom is -0.507 e. The van der Waals surface area contributed by atoms with Crippen LogP contribution in [0, 0.1) is 16.6 Å². The van der Waals surface area contributed by atoms with Crippen molar-refractivity contribution in [3.8, 4) is 28.1 Å². The van der Waals surface area contributed by atoms with Crippen LogP contribution in [0.3, 0.4) is 0 Å². The molecular formula is C24H28FN5O.